The Bertz CT molecular complexity index is 517. The maximum Gasteiger partial charge on any atom is 0.0345 e. The molecular formula is C16H21NS. The standard InChI is InChI=1S/C16H21NS/c1-17-10-13-6-4-5-12(13)9-14-11-18-16-8-3-2-7-15(14)16/h2-3,7-8,11-13,17H,4-6,9-10H2,1H3. The van der Waals surface area contributed by atoms with Gasteiger partial charge in [0.2, 0.25) is 0 Å². The Labute approximate surface area is 113 Å². The number of rotatable bonds is 4. The molecule has 1 aromatic heterocycles. The highest BCUT2D eigenvalue weighted by Crippen LogP contribution is 2.36. The first-order chi connectivity index (χ1) is 8.88. The highest BCUT2D eigenvalue weighted by molar-refractivity contribution is 7.17. The molecule has 1 saturated carbocycles. The summed E-state index contributed by atoms with van der Waals surface area (Å²) in [6, 6.07) is 8.83. The van der Waals surface area contributed by atoms with Crippen molar-refractivity contribution in [3.63, 3.8) is 0 Å². The highest BCUT2D eigenvalue weighted by atomic mass is 32.1. The summed E-state index contributed by atoms with van der Waals surface area (Å²) in [6.07, 6.45) is 5.51. The zero-order valence-electron chi connectivity index (χ0n) is 11.0. The Morgan fingerprint density at radius 2 is 2.06 bits per heavy atom. The minimum Gasteiger partial charge on any atom is -0.319 e. The predicted octanol–water partition coefficient (Wildman–Crippen LogP) is 4.08. The fourth-order valence-electron chi connectivity index (χ4n) is 3.39. The lowest BCUT2D eigenvalue weighted by Crippen LogP contribution is -2.23. The van der Waals surface area contributed by atoms with Crippen molar-refractivity contribution in [2.24, 2.45) is 11.8 Å². The molecule has 1 aliphatic carbocycles. The quantitative estimate of drug-likeness (QED) is 0.872. The van der Waals surface area contributed by atoms with Crippen LogP contribution in [0.1, 0.15) is 24.8 Å². The summed E-state index contributed by atoms with van der Waals surface area (Å²) < 4.78 is 1.44. The van der Waals surface area contributed by atoms with Crippen molar-refractivity contribution in [1.82, 2.24) is 5.32 Å². The van der Waals surface area contributed by atoms with Gasteiger partial charge < -0.3 is 5.32 Å². The Kier molecular flexibility index (Phi) is 3.67. The number of hydrogen-bond donors (Lipinski definition) is 1. The van der Waals surface area contributed by atoms with E-state index in [9.17, 15) is 0 Å². The van der Waals surface area contributed by atoms with E-state index < -0.39 is 0 Å². The van der Waals surface area contributed by atoms with Crippen molar-refractivity contribution in [3.05, 3.63) is 35.2 Å². The van der Waals surface area contributed by atoms with Crippen LogP contribution in [0, 0.1) is 11.8 Å². The lowest BCUT2D eigenvalue weighted by atomic mass is 9.89. The van der Waals surface area contributed by atoms with Crippen LogP contribution in [0.2, 0.25) is 0 Å². The smallest absolute Gasteiger partial charge is 0.0345 e. The SMILES string of the molecule is CNCC1CCCC1Cc1csc2ccccc12. The summed E-state index contributed by atoms with van der Waals surface area (Å²) in [5, 5.41) is 7.22. The molecule has 1 aliphatic rings. The van der Waals surface area contributed by atoms with Crippen molar-refractivity contribution in [2.75, 3.05) is 13.6 Å². The van der Waals surface area contributed by atoms with E-state index in [1.807, 2.05) is 11.3 Å². The van der Waals surface area contributed by atoms with Crippen LogP contribution in [-0.2, 0) is 6.42 Å². The molecule has 0 saturated heterocycles. The van der Waals surface area contributed by atoms with Gasteiger partial charge in [0.05, 0.1) is 0 Å². The molecule has 18 heavy (non-hydrogen) atoms. The maximum absolute atomic E-state index is 3.36. The minimum atomic E-state index is 0.883. The van der Waals surface area contributed by atoms with E-state index in [4.69, 9.17) is 0 Å². The van der Waals surface area contributed by atoms with Gasteiger partial charge in [0.15, 0.2) is 0 Å². The number of hydrogen-bond acceptors (Lipinski definition) is 2. The minimum absolute atomic E-state index is 0.883. The van der Waals surface area contributed by atoms with Gasteiger partial charge in [0.1, 0.15) is 0 Å². The second kappa shape index (κ2) is 5.41. The zero-order valence-corrected chi connectivity index (χ0v) is 11.8. The third kappa shape index (κ3) is 2.32. The van der Waals surface area contributed by atoms with Crippen LogP contribution in [0.15, 0.2) is 29.6 Å². The van der Waals surface area contributed by atoms with Gasteiger partial charge in [-0.05, 0) is 67.1 Å². The van der Waals surface area contributed by atoms with Crippen LogP contribution < -0.4 is 5.32 Å². The maximum atomic E-state index is 3.36. The Balaban J connectivity index is 1.79. The van der Waals surface area contributed by atoms with Gasteiger partial charge in [-0.2, -0.15) is 0 Å². The van der Waals surface area contributed by atoms with Gasteiger partial charge in [-0.15, -0.1) is 11.3 Å². The molecule has 96 valence electrons. The molecule has 2 unspecified atom stereocenters. The van der Waals surface area contributed by atoms with Crippen LogP contribution >= 0.6 is 11.3 Å². The Hall–Kier alpha value is -0.860. The van der Waals surface area contributed by atoms with E-state index >= 15 is 0 Å². The average Bonchev–Trinajstić information content (AvgIpc) is 2.99. The van der Waals surface area contributed by atoms with Crippen LogP contribution in [0.4, 0.5) is 0 Å². The summed E-state index contributed by atoms with van der Waals surface area (Å²) >= 11 is 1.90. The Morgan fingerprint density at radius 3 is 2.94 bits per heavy atom. The molecule has 2 heteroatoms. The third-order valence-electron chi connectivity index (χ3n) is 4.33. The van der Waals surface area contributed by atoms with Gasteiger partial charge in [-0.25, -0.2) is 0 Å². The van der Waals surface area contributed by atoms with E-state index in [0.29, 0.717) is 0 Å². The largest absolute Gasteiger partial charge is 0.319 e. The van der Waals surface area contributed by atoms with E-state index in [-0.39, 0.29) is 0 Å². The molecule has 2 aromatic rings. The first-order valence-corrected chi connectivity index (χ1v) is 7.86. The molecule has 0 aliphatic heterocycles. The predicted molar refractivity (Wildman–Crippen MR) is 80.3 cm³/mol. The van der Waals surface area contributed by atoms with Crippen molar-refractivity contribution in [1.29, 1.82) is 0 Å². The molecule has 1 fully saturated rings. The van der Waals surface area contributed by atoms with Crippen LogP contribution in [0.3, 0.4) is 0 Å². The number of nitrogens with one attached hydrogen (secondary N) is 1. The summed E-state index contributed by atoms with van der Waals surface area (Å²) in [6.45, 7) is 1.19. The molecule has 3 rings (SSSR count). The van der Waals surface area contributed by atoms with Crippen molar-refractivity contribution in [2.45, 2.75) is 25.7 Å². The van der Waals surface area contributed by atoms with E-state index in [1.54, 1.807) is 5.56 Å². The number of thiophene rings is 1. The van der Waals surface area contributed by atoms with Gasteiger partial charge >= 0.3 is 0 Å². The second-order valence-corrected chi connectivity index (χ2v) is 6.38. The van der Waals surface area contributed by atoms with Crippen LogP contribution in [-0.4, -0.2) is 13.6 Å². The lowest BCUT2D eigenvalue weighted by molar-refractivity contribution is 0.375. The van der Waals surface area contributed by atoms with Gasteiger partial charge in [-0.3, -0.25) is 0 Å². The topological polar surface area (TPSA) is 12.0 Å². The summed E-state index contributed by atoms with van der Waals surface area (Å²) in [5.74, 6) is 1.77. The summed E-state index contributed by atoms with van der Waals surface area (Å²) in [7, 11) is 2.08. The molecule has 1 N–H and O–H groups in total. The van der Waals surface area contributed by atoms with E-state index in [0.717, 1.165) is 11.8 Å². The molecular weight excluding hydrogens is 238 g/mol. The summed E-state index contributed by atoms with van der Waals surface area (Å²) in [5.41, 5.74) is 1.57. The number of benzene rings is 1. The third-order valence-corrected chi connectivity index (χ3v) is 5.34. The highest BCUT2D eigenvalue weighted by Gasteiger charge is 2.27. The molecule has 1 nitrogen and oxygen atoms in total. The first-order valence-electron chi connectivity index (χ1n) is 6.98. The second-order valence-electron chi connectivity index (χ2n) is 5.47. The summed E-state index contributed by atoms with van der Waals surface area (Å²) in [4.78, 5) is 0. The Morgan fingerprint density at radius 1 is 1.22 bits per heavy atom. The van der Waals surface area contributed by atoms with Crippen LogP contribution in [0.5, 0.6) is 0 Å². The molecule has 0 amide bonds. The molecule has 1 heterocycles. The van der Waals surface area contributed by atoms with Gasteiger partial charge in [0.25, 0.3) is 0 Å². The molecule has 0 radical (unpaired) electrons. The van der Waals surface area contributed by atoms with Crippen molar-refractivity contribution < 1.29 is 0 Å². The molecule has 2 atom stereocenters. The van der Waals surface area contributed by atoms with Crippen molar-refractivity contribution in [3.8, 4) is 0 Å². The molecule has 1 aromatic carbocycles. The van der Waals surface area contributed by atoms with Crippen molar-refractivity contribution >= 4 is 21.4 Å². The van der Waals surface area contributed by atoms with E-state index in [1.165, 1.54) is 42.3 Å². The zero-order chi connectivity index (χ0) is 12.4. The normalized spacial score (nSPS) is 23.8. The lowest BCUT2D eigenvalue weighted by Gasteiger charge is -2.18. The average molecular weight is 259 g/mol. The van der Waals surface area contributed by atoms with E-state index in [2.05, 4.69) is 42.0 Å². The number of fused-ring (bicyclic) bond motifs is 1. The first kappa shape index (κ1) is 12.2. The van der Waals surface area contributed by atoms with Crippen LogP contribution in [0.25, 0.3) is 10.1 Å². The van der Waals surface area contributed by atoms with Gasteiger partial charge in [0, 0.05) is 4.70 Å². The monoisotopic (exact) mass is 259 g/mol. The fraction of sp³-hybridized carbons (Fsp3) is 0.500. The fourth-order valence-corrected chi connectivity index (χ4v) is 4.36. The van der Waals surface area contributed by atoms with Gasteiger partial charge in [-0.1, -0.05) is 24.6 Å². The molecule has 0 spiro atoms. The molecule has 0 bridgehead atoms.